The number of nitrogens with one attached hydrogen (secondary N) is 2. The molecule has 15 heteroatoms. The van der Waals surface area contributed by atoms with Crippen LogP contribution in [0.25, 0.3) is 6.08 Å². The second kappa shape index (κ2) is 10.4. The van der Waals surface area contributed by atoms with Crippen LogP contribution in [0.5, 0.6) is 5.75 Å². The topological polar surface area (TPSA) is 134 Å². The smallest absolute Gasteiger partial charge is 0.406 e. The molecule has 2 aliphatic rings. The summed E-state index contributed by atoms with van der Waals surface area (Å²) in [5.74, 6) is -0.817. The fraction of sp³-hybridized carbons (Fsp3) is 0.304. The molecule has 2 aromatic rings. The molecular weight excluding hydrogens is 549 g/mol. The molecule has 38 heavy (non-hydrogen) atoms. The van der Waals surface area contributed by atoms with Crippen molar-refractivity contribution in [1.29, 1.82) is 0 Å². The van der Waals surface area contributed by atoms with Crippen molar-refractivity contribution in [2.24, 2.45) is 4.99 Å². The van der Waals surface area contributed by atoms with Gasteiger partial charge >= 0.3 is 6.36 Å². The highest BCUT2D eigenvalue weighted by molar-refractivity contribution is 7.92. The molecule has 0 saturated carbocycles. The molecule has 0 unspecified atom stereocenters. The lowest BCUT2D eigenvalue weighted by molar-refractivity contribution is -0.274. The molecule has 2 aromatic carbocycles. The minimum atomic E-state index is -4.87. The van der Waals surface area contributed by atoms with E-state index in [0.29, 0.717) is 16.8 Å². The number of aryl methyl sites for hydroxylation is 1. The van der Waals surface area contributed by atoms with Crippen molar-refractivity contribution in [2.75, 3.05) is 17.8 Å². The monoisotopic (exact) mass is 572 g/mol. The van der Waals surface area contributed by atoms with Gasteiger partial charge in [-0.3, -0.25) is 14.5 Å². The Hall–Kier alpha value is -3.43. The number of benzene rings is 2. The average molecular weight is 573 g/mol. The van der Waals surface area contributed by atoms with Gasteiger partial charge < -0.3 is 10.1 Å². The molecule has 0 aliphatic carbocycles. The summed E-state index contributed by atoms with van der Waals surface area (Å²) < 4.78 is 92.5. The Bertz CT molecular complexity index is 1490. The Morgan fingerprint density at radius 3 is 2.50 bits per heavy atom. The first kappa shape index (κ1) is 27.6. The number of amides is 1. The first-order chi connectivity index (χ1) is 17.8. The number of carbonyl (C=O) groups is 1. The number of halogens is 3. The number of aliphatic imine (C=N–C) groups is 1. The molecule has 1 amide bonds. The molecule has 2 N–H and O–H groups in total. The van der Waals surface area contributed by atoms with Crippen LogP contribution in [0, 0.1) is 6.92 Å². The van der Waals surface area contributed by atoms with E-state index in [0.717, 1.165) is 17.5 Å². The molecule has 1 saturated heterocycles. The van der Waals surface area contributed by atoms with E-state index in [2.05, 4.69) is 19.8 Å². The molecule has 2 aliphatic heterocycles. The molecule has 1 spiro atoms. The molecule has 10 nitrogen and oxygen atoms in total. The summed E-state index contributed by atoms with van der Waals surface area (Å²) in [5, 5.41) is 3.64. The predicted octanol–water partition coefficient (Wildman–Crippen LogP) is 2.54. The van der Waals surface area contributed by atoms with Crippen LogP contribution in [0.3, 0.4) is 0 Å². The number of sulfonamides is 1. The van der Waals surface area contributed by atoms with Crippen molar-refractivity contribution in [3.63, 3.8) is 0 Å². The van der Waals surface area contributed by atoms with Gasteiger partial charge in [0.2, 0.25) is 20.9 Å². The third-order valence-electron chi connectivity index (χ3n) is 6.14. The number of amidine groups is 1. The Kier molecular flexibility index (Phi) is 7.54. The number of hydrogen-bond acceptors (Lipinski definition) is 7. The van der Waals surface area contributed by atoms with E-state index in [9.17, 15) is 34.8 Å². The number of rotatable bonds is 7. The van der Waals surface area contributed by atoms with E-state index in [4.69, 9.17) is 0 Å². The van der Waals surface area contributed by atoms with Gasteiger partial charge in [-0.15, -0.1) is 13.2 Å². The highest BCUT2D eigenvalue weighted by atomic mass is 32.2. The SMILES string of the molecule is Cc1cc(N[SH](=O)=O)ccc1/C=C/S(=O)(=O)N1CCC2(CC1)N=C(c1cccc(OC(F)(F)F)c1)NC2=O. The number of hydrogen-bond donors (Lipinski definition) is 3. The van der Waals surface area contributed by atoms with Crippen molar-refractivity contribution >= 4 is 44.4 Å². The highest BCUT2D eigenvalue weighted by Crippen LogP contribution is 2.33. The molecule has 0 aromatic heterocycles. The van der Waals surface area contributed by atoms with Gasteiger partial charge in [0, 0.05) is 29.7 Å². The lowest BCUT2D eigenvalue weighted by Gasteiger charge is -2.34. The van der Waals surface area contributed by atoms with E-state index in [1.807, 2.05) is 0 Å². The zero-order valence-electron chi connectivity index (χ0n) is 19.9. The van der Waals surface area contributed by atoms with Crippen molar-refractivity contribution in [2.45, 2.75) is 31.7 Å². The summed E-state index contributed by atoms with van der Waals surface area (Å²) in [4.78, 5) is 17.2. The van der Waals surface area contributed by atoms with Crippen LogP contribution in [-0.2, 0) is 25.7 Å². The Balaban J connectivity index is 1.45. The summed E-state index contributed by atoms with van der Waals surface area (Å²) in [7, 11) is -6.66. The van der Waals surface area contributed by atoms with Crippen molar-refractivity contribution < 1.29 is 39.5 Å². The van der Waals surface area contributed by atoms with Crippen LogP contribution in [0.15, 0.2) is 52.9 Å². The molecular formula is C23H23F3N4O6S2. The molecule has 0 radical (unpaired) electrons. The fourth-order valence-electron chi connectivity index (χ4n) is 4.23. The van der Waals surface area contributed by atoms with Crippen LogP contribution in [-0.4, -0.2) is 57.9 Å². The van der Waals surface area contributed by atoms with Gasteiger partial charge in [0.1, 0.15) is 17.1 Å². The lowest BCUT2D eigenvalue weighted by Crippen LogP contribution is -2.50. The number of alkyl halides is 3. The molecule has 4 rings (SSSR count). The van der Waals surface area contributed by atoms with Crippen LogP contribution in [0.1, 0.15) is 29.5 Å². The van der Waals surface area contributed by atoms with Gasteiger partial charge in [-0.05, 0) is 61.2 Å². The minimum absolute atomic E-state index is 0.00643. The van der Waals surface area contributed by atoms with Gasteiger partial charge in [-0.25, -0.2) is 16.8 Å². The van der Waals surface area contributed by atoms with Crippen molar-refractivity contribution in [3.8, 4) is 5.75 Å². The van der Waals surface area contributed by atoms with E-state index < -0.39 is 44.5 Å². The first-order valence-corrected chi connectivity index (χ1v) is 13.9. The first-order valence-electron chi connectivity index (χ1n) is 11.2. The number of anilines is 1. The zero-order chi connectivity index (χ0) is 27.7. The van der Waals surface area contributed by atoms with E-state index >= 15 is 0 Å². The quantitative estimate of drug-likeness (QED) is 0.437. The molecule has 2 heterocycles. The van der Waals surface area contributed by atoms with E-state index in [-0.39, 0.29) is 37.3 Å². The van der Waals surface area contributed by atoms with Gasteiger partial charge in [-0.2, -0.15) is 4.31 Å². The number of ether oxygens (including phenoxy) is 1. The number of nitrogens with zero attached hydrogens (tertiary/aromatic N) is 2. The van der Waals surface area contributed by atoms with Crippen LogP contribution < -0.4 is 14.8 Å². The second-order valence-electron chi connectivity index (χ2n) is 8.71. The van der Waals surface area contributed by atoms with Gasteiger partial charge in [0.25, 0.3) is 5.91 Å². The molecule has 204 valence electrons. The van der Waals surface area contributed by atoms with Gasteiger partial charge in [0.05, 0.1) is 0 Å². The lowest BCUT2D eigenvalue weighted by atomic mass is 9.89. The van der Waals surface area contributed by atoms with Crippen molar-refractivity contribution in [3.05, 3.63) is 64.6 Å². The van der Waals surface area contributed by atoms with E-state index in [1.54, 1.807) is 19.1 Å². The van der Waals surface area contributed by atoms with Gasteiger partial charge in [-0.1, -0.05) is 18.2 Å². The summed E-state index contributed by atoms with van der Waals surface area (Å²) in [5.41, 5.74) is 0.594. The molecule has 1 fully saturated rings. The maximum Gasteiger partial charge on any atom is 0.573 e. The Morgan fingerprint density at radius 1 is 1.16 bits per heavy atom. The average Bonchev–Trinajstić information content (AvgIpc) is 3.13. The largest absolute Gasteiger partial charge is 0.573 e. The van der Waals surface area contributed by atoms with Crippen LogP contribution in [0.2, 0.25) is 0 Å². The Morgan fingerprint density at radius 2 is 1.87 bits per heavy atom. The molecule has 0 atom stereocenters. The number of thiol groups is 1. The molecule has 0 bridgehead atoms. The van der Waals surface area contributed by atoms with Crippen LogP contribution >= 0.6 is 0 Å². The maximum atomic E-state index is 12.9. The number of carbonyl (C=O) groups excluding carboxylic acids is 1. The standard InChI is InChI=1S/C23H23F3N4O6S2/c1-15-13-18(29-37(32)33)6-5-16(15)7-12-38(34,35)30-10-8-22(9-11-30)21(31)27-20(28-22)17-3-2-4-19(14-17)36-23(24,25)26/h2-7,12-14,37H,8-11H2,1H3,(H,27,28,31)(H,29,32,33)/b12-7+. The summed E-state index contributed by atoms with van der Waals surface area (Å²) >= 11 is 0. The van der Waals surface area contributed by atoms with E-state index in [1.165, 1.54) is 28.6 Å². The second-order valence-corrected chi connectivity index (χ2v) is 11.3. The summed E-state index contributed by atoms with van der Waals surface area (Å²) in [6.45, 7) is 1.72. The highest BCUT2D eigenvalue weighted by Gasteiger charge is 2.47. The predicted molar refractivity (Wildman–Crippen MR) is 134 cm³/mol. The normalized spacial score (nSPS) is 18.1. The van der Waals surface area contributed by atoms with Crippen molar-refractivity contribution in [1.82, 2.24) is 9.62 Å². The minimum Gasteiger partial charge on any atom is -0.406 e. The van der Waals surface area contributed by atoms with Crippen LogP contribution in [0.4, 0.5) is 18.9 Å². The zero-order valence-corrected chi connectivity index (χ0v) is 21.6. The number of piperidine rings is 1. The maximum absolute atomic E-state index is 12.9. The Labute approximate surface area is 218 Å². The third kappa shape index (κ3) is 6.34. The fourth-order valence-corrected chi connectivity index (χ4v) is 5.76. The summed E-state index contributed by atoms with van der Waals surface area (Å²) in [6.07, 6.45) is -3.29. The van der Waals surface area contributed by atoms with Gasteiger partial charge in [0.15, 0.2) is 0 Å². The third-order valence-corrected chi connectivity index (χ3v) is 8.15. The summed E-state index contributed by atoms with van der Waals surface area (Å²) in [6, 6.07) is 9.73.